The van der Waals surface area contributed by atoms with Crippen molar-refractivity contribution in [2.45, 2.75) is 6.42 Å². The lowest BCUT2D eigenvalue weighted by atomic mass is 10.3. The van der Waals surface area contributed by atoms with Crippen molar-refractivity contribution in [3.63, 3.8) is 0 Å². The molecular formula is C9H9Cl2NO3S. The Morgan fingerprint density at radius 2 is 2.19 bits per heavy atom. The van der Waals surface area contributed by atoms with E-state index in [0.29, 0.717) is 14.2 Å². The lowest BCUT2D eigenvalue weighted by molar-refractivity contribution is -0.140. The van der Waals surface area contributed by atoms with Crippen LogP contribution in [0.5, 0.6) is 0 Å². The van der Waals surface area contributed by atoms with Crippen molar-refractivity contribution >= 4 is 46.4 Å². The van der Waals surface area contributed by atoms with Crippen LogP contribution in [0.25, 0.3) is 0 Å². The molecule has 1 heterocycles. The number of carbonyl (C=O) groups is 2. The topological polar surface area (TPSA) is 55.4 Å². The van der Waals surface area contributed by atoms with Gasteiger partial charge in [0.05, 0.1) is 23.4 Å². The molecule has 0 saturated carbocycles. The average molecular weight is 282 g/mol. The minimum absolute atomic E-state index is 0.123. The number of carbonyl (C=O) groups excluding carboxylic acids is 2. The van der Waals surface area contributed by atoms with Crippen LogP contribution in [0.4, 0.5) is 0 Å². The quantitative estimate of drug-likeness (QED) is 0.862. The number of amides is 1. The summed E-state index contributed by atoms with van der Waals surface area (Å²) in [5.74, 6) is -0.730. The first-order chi connectivity index (χ1) is 7.54. The van der Waals surface area contributed by atoms with E-state index in [-0.39, 0.29) is 24.8 Å². The lowest BCUT2D eigenvalue weighted by Gasteiger charge is -2.02. The van der Waals surface area contributed by atoms with Crippen molar-refractivity contribution in [2.24, 2.45) is 0 Å². The molecule has 4 nitrogen and oxygen atoms in total. The standard InChI is InChI=1S/C9H9Cl2NO3S/c1-15-7(13)2-3-12-9(14)5-4-6(10)16-8(5)11/h4H,2-3H2,1H3,(H,12,14). The van der Waals surface area contributed by atoms with Gasteiger partial charge in [-0.3, -0.25) is 9.59 Å². The van der Waals surface area contributed by atoms with Crippen LogP contribution in [0.15, 0.2) is 6.07 Å². The molecule has 0 aliphatic rings. The third-order valence-electron chi connectivity index (χ3n) is 1.74. The zero-order chi connectivity index (χ0) is 12.1. The molecule has 7 heteroatoms. The fourth-order valence-electron chi connectivity index (χ4n) is 0.970. The predicted molar refractivity (Wildman–Crippen MR) is 63.3 cm³/mol. The second-order valence-corrected chi connectivity index (χ2v) is 5.11. The molecule has 0 spiro atoms. The molecule has 0 fully saturated rings. The fraction of sp³-hybridized carbons (Fsp3) is 0.333. The minimum Gasteiger partial charge on any atom is -0.469 e. The number of halogens is 2. The third-order valence-corrected chi connectivity index (χ3v) is 3.23. The van der Waals surface area contributed by atoms with Gasteiger partial charge in [-0.05, 0) is 6.07 Å². The molecule has 1 rings (SSSR count). The Labute approximate surface area is 106 Å². The minimum atomic E-state index is -0.380. The number of thiophene rings is 1. The Morgan fingerprint density at radius 3 is 2.69 bits per heavy atom. The van der Waals surface area contributed by atoms with E-state index in [1.165, 1.54) is 13.2 Å². The summed E-state index contributed by atoms with van der Waals surface area (Å²) in [4.78, 5) is 22.3. The summed E-state index contributed by atoms with van der Waals surface area (Å²) >= 11 is 12.6. The van der Waals surface area contributed by atoms with E-state index in [9.17, 15) is 9.59 Å². The summed E-state index contributed by atoms with van der Waals surface area (Å²) in [6.45, 7) is 0.204. The summed E-state index contributed by atoms with van der Waals surface area (Å²) in [6, 6.07) is 1.49. The Kier molecular flexibility index (Phi) is 5.05. The Bertz CT molecular complexity index is 405. The number of nitrogens with one attached hydrogen (secondary N) is 1. The SMILES string of the molecule is COC(=O)CCNC(=O)c1cc(Cl)sc1Cl. The predicted octanol–water partition coefficient (Wildman–Crippen LogP) is 2.35. The van der Waals surface area contributed by atoms with Crippen molar-refractivity contribution in [1.29, 1.82) is 0 Å². The normalized spacial score (nSPS) is 9.94. The first-order valence-corrected chi connectivity index (χ1v) is 5.91. The first-order valence-electron chi connectivity index (χ1n) is 4.34. The van der Waals surface area contributed by atoms with Crippen LogP contribution in [0.1, 0.15) is 16.8 Å². The van der Waals surface area contributed by atoms with E-state index in [2.05, 4.69) is 10.1 Å². The van der Waals surface area contributed by atoms with Crippen molar-refractivity contribution in [3.8, 4) is 0 Å². The van der Waals surface area contributed by atoms with Gasteiger partial charge in [-0.25, -0.2) is 0 Å². The second kappa shape index (κ2) is 6.08. The van der Waals surface area contributed by atoms with Gasteiger partial charge < -0.3 is 10.1 Å². The summed E-state index contributed by atoms with van der Waals surface area (Å²) in [5.41, 5.74) is 0.321. The van der Waals surface area contributed by atoms with Crippen molar-refractivity contribution < 1.29 is 14.3 Å². The zero-order valence-electron chi connectivity index (χ0n) is 8.38. The highest BCUT2D eigenvalue weighted by atomic mass is 35.5. The van der Waals surface area contributed by atoms with Crippen LogP contribution in [0.3, 0.4) is 0 Å². The molecular weight excluding hydrogens is 273 g/mol. The summed E-state index contributed by atoms with van der Waals surface area (Å²) < 4.78 is 5.21. The number of ether oxygens (including phenoxy) is 1. The third kappa shape index (κ3) is 3.66. The Hall–Kier alpha value is -0.780. The van der Waals surface area contributed by atoms with Gasteiger partial charge in [0.25, 0.3) is 5.91 Å². The number of hydrogen-bond acceptors (Lipinski definition) is 4. The Balaban J connectivity index is 2.47. The number of esters is 1. The molecule has 0 aromatic carbocycles. The second-order valence-electron chi connectivity index (χ2n) is 2.82. The Morgan fingerprint density at radius 1 is 1.50 bits per heavy atom. The maximum Gasteiger partial charge on any atom is 0.307 e. The summed E-state index contributed by atoms with van der Waals surface area (Å²) in [6.07, 6.45) is 0.123. The van der Waals surface area contributed by atoms with E-state index in [4.69, 9.17) is 23.2 Å². The molecule has 1 N–H and O–H groups in total. The zero-order valence-corrected chi connectivity index (χ0v) is 10.7. The molecule has 1 amide bonds. The smallest absolute Gasteiger partial charge is 0.307 e. The average Bonchev–Trinajstić information content (AvgIpc) is 2.57. The summed E-state index contributed by atoms with van der Waals surface area (Å²) in [5, 5.41) is 2.54. The summed E-state index contributed by atoms with van der Waals surface area (Å²) in [7, 11) is 1.29. The molecule has 88 valence electrons. The van der Waals surface area contributed by atoms with Crippen LogP contribution in [-0.4, -0.2) is 25.5 Å². The molecule has 0 radical (unpaired) electrons. The first kappa shape index (κ1) is 13.3. The number of rotatable bonds is 4. The van der Waals surface area contributed by atoms with Gasteiger partial charge in [0, 0.05) is 6.54 Å². The van der Waals surface area contributed by atoms with E-state index in [0.717, 1.165) is 11.3 Å². The molecule has 0 saturated heterocycles. The van der Waals surface area contributed by atoms with Crippen LogP contribution < -0.4 is 5.32 Å². The van der Waals surface area contributed by atoms with E-state index < -0.39 is 0 Å². The van der Waals surface area contributed by atoms with E-state index in [1.807, 2.05) is 0 Å². The molecule has 1 aromatic heterocycles. The van der Waals surface area contributed by atoms with E-state index >= 15 is 0 Å². The van der Waals surface area contributed by atoms with Gasteiger partial charge in [0.1, 0.15) is 4.34 Å². The largest absolute Gasteiger partial charge is 0.469 e. The molecule has 0 aliphatic carbocycles. The lowest BCUT2D eigenvalue weighted by Crippen LogP contribution is -2.26. The van der Waals surface area contributed by atoms with Crippen molar-refractivity contribution in [2.75, 3.05) is 13.7 Å². The van der Waals surface area contributed by atoms with E-state index in [1.54, 1.807) is 0 Å². The molecule has 0 unspecified atom stereocenters. The van der Waals surface area contributed by atoms with Gasteiger partial charge in [0.15, 0.2) is 0 Å². The molecule has 0 atom stereocenters. The molecule has 16 heavy (non-hydrogen) atoms. The van der Waals surface area contributed by atoms with Crippen molar-refractivity contribution in [1.82, 2.24) is 5.32 Å². The molecule has 0 bridgehead atoms. The number of hydrogen-bond donors (Lipinski definition) is 1. The fourth-order valence-corrected chi connectivity index (χ4v) is 2.43. The monoisotopic (exact) mass is 281 g/mol. The van der Waals surface area contributed by atoms with Crippen LogP contribution in [0.2, 0.25) is 8.67 Å². The molecule has 1 aromatic rings. The maximum atomic E-state index is 11.5. The van der Waals surface area contributed by atoms with Gasteiger partial charge in [-0.15, -0.1) is 11.3 Å². The van der Waals surface area contributed by atoms with Gasteiger partial charge in [-0.2, -0.15) is 0 Å². The highest BCUT2D eigenvalue weighted by Gasteiger charge is 2.13. The van der Waals surface area contributed by atoms with Crippen molar-refractivity contribution in [3.05, 3.63) is 20.3 Å². The molecule has 0 aliphatic heterocycles. The highest BCUT2D eigenvalue weighted by Crippen LogP contribution is 2.30. The van der Waals surface area contributed by atoms with Gasteiger partial charge in [0.2, 0.25) is 0 Å². The van der Waals surface area contributed by atoms with Crippen LogP contribution in [-0.2, 0) is 9.53 Å². The van der Waals surface area contributed by atoms with Gasteiger partial charge >= 0.3 is 5.97 Å². The highest BCUT2D eigenvalue weighted by molar-refractivity contribution is 7.20. The van der Waals surface area contributed by atoms with Crippen LogP contribution >= 0.6 is 34.5 Å². The number of methoxy groups -OCH3 is 1. The van der Waals surface area contributed by atoms with Gasteiger partial charge in [-0.1, -0.05) is 23.2 Å². The maximum absolute atomic E-state index is 11.5. The van der Waals surface area contributed by atoms with Crippen LogP contribution in [0, 0.1) is 0 Å².